The van der Waals surface area contributed by atoms with Crippen LogP contribution in [0.15, 0.2) is 12.4 Å². The molecule has 1 aromatic rings. The number of hydrogen-bond donors (Lipinski definition) is 0. The molecule has 2 aliphatic rings. The number of hydrogen-bond acceptors (Lipinski definition) is 4. The van der Waals surface area contributed by atoms with E-state index in [9.17, 15) is 4.79 Å². The van der Waals surface area contributed by atoms with Crippen LogP contribution in [0.25, 0.3) is 0 Å². The molecule has 6 heteroatoms. The van der Waals surface area contributed by atoms with Crippen molar-refractivity contribution in [3.63, 3.8) is 0 Å². The summed E-state index contributed by atoms with van der Waals surface area (Å²) in [5.74, 6) is 0.866. The van der Waals surface area contributed by atoms with E-state index >= 15 is 0 Å². The molecular formula is C16H26N4O2. The zero-order valence-electron chi connectivity index (χ0n) is 13.7. The molecule has 1 aromatic heterocycles. The van der Waals surface area contributed by atoms with Crippen molar-refractivity contribution in [3.05, 3.63) is 18.0 Å². The Kier molecular flexibility index (Phi) is 4.49. The van der Waals surface area contributed by atoms with E-state index in [1.807, 2.05) is 28.9 Å². The Bertz CT molecular complexity index is 530. The third-order valence-corrected chi connectivity index (χ3v) is 4.72. The minimum atomic E-state index is 0.0337. The lowest BCUT2D eigenvalue weighted by atomic mass is 9.96. The molecule has 22 heavy (non-hydrogen) atoms. The smallest absolute Gasteiger partial charge is 0.227 e. The second-order valence-corrected chi connectivity index (χ2v) is 6.82. The SMILES string of the molecule is Cc1cnn(C[C@@H]2CN(C(=O)[C@@H]3CN(C)C[C@H]3C)CCO2)c1. The molecule has 0 aliphatic carbocycles. The Labute approximate surface area is 132 Å². The number of nitrogens with zero attached hydrogens (tertiary/aromatic N) is 4. The first-order valence-corrected chi connectivity index (χ1v) is 8.11. The molecule has 2 saturated heterocycles. The quantitative estimate of drug-likeness (QED) is 0.821. The Morgan fingerprint density at radius 2 is 2.23 bits per heavy atom. The Morgan fingerprint density at radius 3 is 2.86 bits per heavy atom. The highest BCUT2D eigenvalue weighted by Crippen LogP contribution is 2.24. The van der Waals surface area contributed by atoms with Crippen LogP contribution in [0, 0.1) is 18.8 Å². The lowest BCUT2D eigenvalue weighted by Crippen LogP contribution is -2.50. The number of amides is 1. The van der Waals surface area contributed by atoms with Gasteiger partial charge >= 0.3 is 0 Å². The molecule has 3 heterocycles. The van der Waals surface area contributed by atoms with E-state index in [1.54, 1.807) is 0 Å². The van der Waals surface area contributed by atoms with Gasteiger partial charge in [-0.25, -0.2) is 0 Å². The molecule has 3 rings (SSSR count). The highest BCUT2D eigenvalue weighted by atomic mass is 16.5. The molecule has 0 radical (unpaired) electrons. The number of carbonyl (C=O) groups excluding carboxylic acids is 1. The molecule has 3 atom stereocenters. The van der Waals surface area contributed by atoms with Crippen molar-refractivity contribution in [1.29, 1.82) is 0 Å². The molecule has 0 aromatic carbocycles. The van der Waals surface area contributed by atoms with Crippen LogP contribution >= 0.6 is 0 Å². The second-order valence-electron chi connectivity index (χ2n) is 6.82. The summed E-state index contributed by atoms with van der Waals surface area (Å²) in [7, 11) is 2.09. The standard InChI is InChI=1S/C16H26N4O2/c1-12-6-17-20(7-12)10-14-9-19(4-5-22-14)16(21)15-11-18(3)8-13(15)2/h6-7,13-15H,4-5,8-11H2,1-3H3/t13-,14+,15-/m1/s1. The van der Waals surface area contributed by atoms with Crippen LogP contribution in [0.5, 0.6) is 0 Å². The van der Waals surface area contributed by atoms with Crippen LogP contribution in [0.3, 0.4) is 0 Å². The van der Waals surface area contributed by atoms with Crippen LogP contribution in [-0.2, 0) is 16.1 Å². The number of carbonyl (C=O) groups is 1. The Morgan fingerprint density at radius 1 is 1.41 bits per heavy atom. The molecule has 2 aliphatic heterocycles. The summed E-state index contributed by atoms with van der Waals surface area (Å²) in [5.41, 5.74) is 1.14. The molecule has 0 unspecified atom stereocenters. The first-order chi connectivity index (χ1) is 10.5. The summed E-state index contributed by atoms with van der Waals surface area (Å²) in [4.78, 5) is 17.0. The van der Waals surface area contributed by atoms with E-state index in [0.717, 1.165) is 18.7 Å². The molecule has 6 nitrogen and oxygen atoms in total. The van der Waals surface area contributed by atoms with Crippen molar-refractivity contribution in [2.45, 2.75) is 26.5 Å². The topological polar surface area (TPSA) is 50.6 Å². The summed E-state index contributed by atoms with van der Waals surface area (Å²) >= 11 is 0. The molecule has 0 spiro atoms. The van der Waals surface area contributed by atoms with Gasteiger partial charge in [-0.3, -0.25) is 9.48 Å². The van der Waals surface area contributed by atoms with Gasteiger partial charge in [0.05, 0.1) is 31.4 Å². The Balaban J connectivity index is 1.59. The molecule has 1 amide bonds. The van der Waals surface area contributed by atoms with Gasteiger partial charge in [-0.15, -0.1) is 0 Å². The van der Waals surface area contributed by atoms with E-state index in [2.05, 4.69) is 24.0 Å². The fourth-order valence-corrected chi connectivity index (χ4v) is 3.57. The monoisotopic (exact) mass is 306 g/mol. The third-order valence-electron chi connectivity index (χ3n) is 4.72. The van der Waals surface area contributed by atoms with E-state index in [1.165, 1.54) is 0 Å². The molecular weight excluding hydrogens is 280 g/mol. The predicted molar refractivity (Wildman–Crippen MR) is 83.4 cm³/mol. The van der Waals surface area contributed by atoms with E-state index in [-0.39, 0.29) is 12.0 Å². The van der Waals surface area contributed by atoms with Crippen molar-refractivity contribution in [2.24, 2.45) is 11.8 Å². The Hall–Kier alpha value is -1.40. The summed E-state index contributed by atoms with van der Waals surface area (Å²) < 4.78 is 7.72. The van der Waals surface area contributed by atoms with Gasteiger partial charge in [-0.05, 0) is 25.5 Å². The van der Waals surface area contributed by atoms with Crippen LogP contribution in [0.1, 0.15) is 12.5 Å². The number of aryl methyl sites for hydroxylation is 1. The van der Waals surface area contributed by atoms with Crippen molar-refractivity contribution < 1.29 is 9.53 Å². The fourth-order valence-electron chi connectivity index (χ4n) is 3.57. The predicted octanol–water partition coefficient (Wildman–Crippen LogP) is 0.617. The third kappa shape index (κ3) is 3.33. The lowest BCUT2D eigenvalue weighted by molar-refractivity contribution is -0.144. The maximum absolute atomic E-state index is 12.8. The largest absolute Gasteiger partial charge is 0.373 e. The van der Waals surface area contributed by atoms with Gasteiger partial charge in [-0.1, -0.05) is 6.92 Å². The van der Waals surface area contributed by atoms with E-state index in [0.29, 0.717) is 38.1 Å². The first-order valence-electron chi connectivity index (χ1n) is 8.11. The van der Waals surface area contributed by atoms with E-state index < -0.39 is 0 Å². The highest BCUT2D eigenvalue weighted by molar-refractivity contribution is 5.79. The highest BCUT2D eigenvalue weighted by Gasteiger charge is 2.37. The molecule has 0 N–H and O–H groups in total. The summed E-state index contributed by atoms with van der Waals surface area (Å²) in [6.45, 7) is 8.79. The maximum Gasteiger partial charge on any atom is 0.227 e. The summed E-state index contributed by atoms with van der Waals surface area (Å²) in [6, 6.07) is 0. The van der Waals surface area contributed by atoms with Crippen LogP contribution < -0.4 is 0 Å². The van der Waals surface area contributed by atoms with Gasteiger partial charge in [0.1, 0.15) is 0 Å². The van der Waals surface area contributed by atoms with Crippen molar-refractivity contribution >= 4 is 5.91 Å². The van der Waals surface area contributed by atoms with Crippen LogP contribution in [0.4, 0.5) is 0 Å². The van der Waals surface area contributed by atoms with Crippen molar-refractivity contribution in [2.75, 3.05) is 39.8 Å². The summed E-state index contributed by atoms with van der Waals surface area (Å²) in [5, 5.41) is 4.31. The van der Waals surface area contributed by atoms with Crippen LogP contribution in [-0.4, -0.2) is 71.4 Å². The van der Waals surface area contributed by atoms with Crippen molar-refractivity contribution in [1.82, 2.24) is 19.6 Å². The van der Waals surface area contributed by atoms with Gasteiger partial charge in [0.2, 0.25) is 5.91 Å². The number of rotatable bonds is 3. The maximum atomic E-state index is 12.8. The average molecular weight is 306 g/mol. The number of ether oxygens (including phenoxy) is 1. The number of aromatic nitrogens is 2. The van der Waals surface area contributed by atoms with E-state index in [4.69, 9.17) is 4.74 Å². The first kappa shape index (κ1) is 15.5. The zero-order chi connectivity index (χ0) is 15.7. The van der Waals surface area contributed by atoms with Crippen molar-refractivity contribution in [3.8, 4) is 0 Å². The fraction of sp³-hybridized carbons (Fsp3) is 0.750. The van der Waals surface area contributed by atoms with Gasteiger partial charge in [0, 0.05) is 32.4 Å². The lowest BCUT2D eigenvalue weighted by Gasteiger charge is -2.35. The zero-order valence-corrected chi connectivity index (χ0v) is 13.7. The molecule has 0 bridgehead atoms. The van der Waals surface area contributed by atoms with Gasteiger partial charge in [0.15, 0.2) is 0 Å². The average Bonchev–Trinajstić information content (AvgIpc) is 3.04. The minimum Gasteiger partial charge on any atom is -0.373 e. The summed E-state index contributed by atoms with van der Waals surface area (Å²) in [6.07, 6.45) is 3.89. The molecule has 2 fully saturated rings. The van der Waals surface area contributed by atoms with Gasteiger partial charge in [0.25, 0.3) is 0 Å². The molecule has 0 saturated carbocycles. The number of morpholine rings is 1. The van der Waals surface area contributed by atoms with Gasteiger partial charge in [-0.2, -0.15) is 5.10 Å². The molecule has 122 valence electrons. The normalized spacial score (nSPS) is 30.0. The van der Waals surface area contributed by atoms with Crippen LogP contribution in [0.2, 0.25) is 0 Å². The second kappa shape index (κ2) is 6.38. The minimum absolute atomic E-state index is 0.0337. The van der Waals surface area contributed by atoms with Gasteiger partial charge < -0.3 is 14.5 Å². The number of likely N-dealkylation sites (tertiary alicyclic amines) is 1.